The quantitative estimate of drug-likeness (QED) is 0.862. The van der Waals surface area contributed by atoms with E-state index in [2.05, 4.69) is 10.3 Å². The highest BCUT2D eigenvalue weighted by atomic mass is 16.5. The van der Waals surface area contributed by atoms with Gasteiger partial charge in [0.05, 0.1) is 12.7 Å². The second-order valence-electron chi connectivity index (χ2n) is 3.57. The minimum Gasteiger partial charge on any atom is -0.496 e. The number of H-pyrrole nitrogens is 1. The minimum absolute atomic E-state index is 0.202. The molecule has 1 amide bonds. The molecule has 5 nitrogen and oxygen atoms in total. The molecule has 92 valence electrons. The Labute approximate surface area is 103 Å². The molecule has 1 heterocycles. The Morgan fingerprint density at radius 1 is 1.22 bits per heavy atom. The first kappa shape index (κ1) is 11.9. The molecule has 0 aliphatic rings. The van der Waals surface area contributed by atoms with Crippen LogP contribution in [0.2, 0.25) is 0 Å². The molecule has 0 aliphatic carbocycles. The van der Waals surface area contributed by atoms with E-state index >= 15 is 0 Å². The summed E-state index contributed by atoms with van der Waals surface area (Å²) in [4.78, 5) is 25.9. The fraction of sp³-hybridized carbons (Fsp3) is 0.0769. The molecule has 0 saturated carbocycles. The van der Waals surface area contributed by atoms with Crippen molar-refractivity contribution in [2.24, 2.45) is 0 Å². The van der Waals surface area contributed by atoms with Crippen molar-refractivity contribution in [1.82, 2.24) is 4.98 Å². The van der Waals surface area contributed by atoms with Gasteiger partial charge in [0.2, 0.25) is 0 Å². The number of amides is 1. The van der Waals surface area contributed by atoms with Crippen LogP contribution in [-0.4, -0.2) is 18.0 Å². The summed E-state index contributed by atoms with van der Waals surface area (Å²) in [6.45, 7) is 0. The molecule has 5 heteroatoms. The number of carbonyl (C=O) groups is 1. The Morgan fingerprint density at radius 2 is 2.00 bits per heavy atom. The van der Waals surface area contributed by atoms with Crippen molar-refractivity contribution in [3.05, 3.63) is 58.5 Å². The van der Waals surface area contributed by atoms with Crippen LogP contribution in [0, 0.1) is 0 Å². The number of ether oxygens (including phenoxy) is 1. The number of methoxy groups -OCH3 is 1. The predicted molar refractivity (Wildman–Crippen MR) is 68.0 cm³/mol. The molecule has 1 aromatic carbocycles. The van der Waals surface area contributed by atoms with E-state index in [0.717, 1.165) is 0 Å². The SMILES string of the molecule is COc1ccccc1C(=O)Nc1ccc[nH]c1=O. The lowest BCUT2D eigenvalue weighted by Crippen LogP contribution is -2.19. The van der Waals surface area contributed by atoms with Gasteiger partial charge in [0.1, 0.15) is 11.4 Å². The Morgan fingerprint density at radius 3 is 2.72 bits per heavy atom. The van der Waals surface area contributed by atoms with Crippen molar-refractivity contribution in [2.45, 2.75) is 0 Å². The van der Waals surface area contributed by atoms with E-state index in [-0.39, 0.29) is 17.2 Å². The van der Waals surface area contributed by atoms with Crippen LogP contribution in [0.15, 0.2) is 47.4 Å². The topological polar surface area (TPSA) is 71.2 Å². The van der Waals surface area contributed by atoms with Gasteiger partial charge in [0, 0.05) is 6.20 Å². The van der Waals surface area contributed by atoms with Crippen molar-refractivity contribution >= 4 is 11.6 Å². The lowest BCUT2D eigenvalue weighted by atomic mass is 10.2. The van der Waals surface area contributed by atoms with Crippen LogP contribution < -0.4 is 15.6 Å². The molecule has 0 bridgehead atoms. The number of hydrogen-bond acceptors (Lipinski definition) is 3. The molecule has 2 rings (SSSR count). The second kappa shape index (κ2) is 5.18. The zero-order valence-corrected chi connectivity index (χ0v) is 9.77. The standard InChI is InChI=1S/C13H12N2O3/c1-18-11-7-3-2-5-9(11)12(16)15-10-6-4-8-14-13(10)17/h2-8H,1H3,(H,14,17)(H,15,16). The van der Waals surface area contributed by atoms with E-state index in [9.17, 15) is 9.59 Å². The van der Waals surface area contributed by atoms with Crippen LogP contribution in [0.4, 0.5) is 5.69 Å². The fourth-order valence-electron chi connectivity index (χ4n) is 1.54. The summed E-state index contributed by atoms with van der Waals surface area (Å²) in [5.41, 5.74) is 0.234. The van der Waals surface area contributed by atoms with Crippen LogP contribution >= 0.6 is 0 Å². The molecule has 0 atom stereocenters. The third-order valence-corrected chi connectivity index (χ3v) is 2.42. The predicted octanol–water partition coefficient (Wildman–Crippen LogP) is 1.64. The van der Waals surface area contributed by atoms with Crippen LogP contribution in [0.5, 0.6) is 5.75 Å². The molecular formula is C13H12N2O3. The summed E-state index contributed by atoms with van der Waals surface area (Å²) in [5, 5.41) is 2.54. The number of pyridine rings is 1. The van der Waals surface area contributed by atoms with E-state index < -0.39 is 0 Å². The molecular weight excluding hydrogens is 232 g/mol. The largest absolute Gasteiger partial charge is 0.496 e. The van der Waals surface area contributed by atoms with Gasteiger partial charge in [0.15, 0.2) is 0 Å². The molecule has 18 heavy (non-hydrogen) atoms. The van der Waals surface area contributed by atoms with Crippen molar-refractivity contribution in [3.8, 4) is 5.75 Å². The number of hydrogen-bond donors (Lipinski definition) is 2. The second-order valence-corrected chi connectivity index (χ2v) is 3.57. The van der Waals surface area contributed by atoms with Gasteiger partial charge < -0.3 is 15.0 Å². The van der Waals surface area contributed by atoms with E-state index in [1.165, 1.54) is 19.4 Å². The Hall–Kier alpha value is -2.56. The van der Waals surface area contributed by atoms with Gasteiger partial charge in [-0.05, 0) is 24.3 Å². The Kier molecular flexibility index (Phi) is 3.43. The summed E-state index contributed by atoms with van der Waals surface area (Å²) in [6, 6.07) is 9.98. The molecule has 2 aromatic rings. The molecule has 0 fully saturated rings. The average molecular weight is 244 g/mol. The minimum atomic E-state index is -0.385. The normalized spacial score (nSPS) is 9.83. The van der Waals surface area contributed by atoms with E-state index in [0.29, 0.717) is 11.3 Å². The first-order chi connectivity index (χ1) is 8.72. The summed E-state index contributed by atoms with van der Waals surface area (Å²) in [7, 11) is 1.49. The summed E-state index contributed by atoms with van der Waals surface area (Å²) >= 11 is 0. The van der Waals surface area contributed by atoms with Crippen LogP contribution in [0.3, 0.4) is 0 Å². The lowest BCUT2D eigenvalue weighted by molar-refractivity contribution is 0.102. The number of rotatable bonds is 3. The number of benzene rings is 1. The third kappa shape index (κ3) is 2.40. The molecule has 0 unspecified atom stereocenters. The van der Waals surface area contributed by atoms with Crippen LogP contribution in [-0.2, 0) is 0 Å². The van der Waals surface area contributed by atoms with Gasteiger partial charge in [-0.1, -0.05) is 12.1 Å². The summed E-state index contributed by atoms with van der Waals surface area (Å²) in [5.74, 6) is 0.0755. The van der Waals surface area contributed by atoms with Gasteiger partial charge in [-0.2, -0.15) is 0 Å². The molecule has 1 aromatic heterocycles. The molecule has 0 spiro atoms. The van der Waals surface area contributed by atoms with Crippen LogP contribution in [0.25, 0.3) is 0 Å². The van der Waals surface area contributed by atoms with Crippen molar-refractivity contribution in [2.75, 3.05) is 12.4 Å². The van der Waals surface area contributed by atoms with Gasteiger partial charge in [-0.3, -0.25) is 9.59 Å². The van der Waals surface area contributed by atoms with Gasteiger partial charge in [0.25, 0.3) is 11.5 Å². The molecule has 0 radical (unpaired) electrons. The smallest absolute Gasteiger partial charge is 0.271 e. The zero-order valence-electron chi connectivity index (χ0n) is 9.77. The van der Waals surface area contributed by atoms with Crippen molar-refractivity contribution < 1.29 is 9.53 Å². The number of aromatic nitrogens is 1. The number of aromatic amines is 1. The van der Waals surface area contributed by atoms with E-state index in [1.807, 2.05) is 0 Å². The molecule has 2 N–H and O–H groups in total. The number of nitrogens with one attached hydrogen (secondary N) is 2. The Bertz CT molecular complexity index is 619. The van der Waals surface area contributed by atoms with Crippen LogP contribution in [0.1, 0.15) is 10.4 Å². The third-order valence-electron chi connectivity index (χ3n) is 2.42. The average Bonchev–Trinajstić information content (AvgIpc) is 2.41. The highest BCUT2D eigenvalue weighted by Gasteiger charge is 2.12. The summed E-state index contributed by atoms with van der Waals surface area (Å²) in [6.07, 6.45) is 1.50. The van der Waals surface area contributed by atoms with Gasteiger partial charge in [-0.25, -0.2) is 0 Å². The fourth-order valence-corrected chi connectivity index (χ4v) is 1.54. The van der Waals surface area contributed by atoms with Crippen molar-refractivity contribution in [1.29, 1.82) is 0 Å². The van der Waals surface area contributed by atoms with Gasteiger partial charge >= 0.3 is 0 Å². The lowest BCUT2D eigenvalue weighted by Gasteiger charge is -2.08. The maximum atomic E-state index is 12.0. The van der Waals surface area contributed by atoms with E-state index in [1.54, 1.807) is 30.3 Å². The van der Waals surface area contributed by atoms with E-state index in [4.69, 9.17) is 4.74 Å². The van der Waals surface area contributed by atoms with Crippen molar-refractivity contribution in [3.63, 3.8) is 0 Å². The maximum absolute atomic E-state index is 12.0. The number of anilines is 1. The zero-order chi connectivity index (χ0) is 13.0. The number of para-hydroxylation sites is 1. The highest BCUT2D eigenvalue weighted by molar-refractivity contribution is 6.06. The Balaban J connectivity index is 2.28. The number of carbonyl (C=O) groups excluding carboxylic acids is 1. The maximum Gasteiger partial charge on any atom is 0.271 e. The first-order valence-electron chi connectivity index (χ1n) is 5.34. The first-order valence-corrected chi connectivity index (χ1v) is 5.34. The van der Waals surface area contributed by atoms with Gasteiger partial charge in [-0.15, -0.1) is 0 Å². The highest BCUT2D eigenvalue weighted by Crippen LogP contribution is 2.18. The molecule has 0 saturated heterocycles. The summed E-state index contributed by atoms with van der Waals surface area (Å²) < 4.78 is 5.09. The monoisotopic (exact) mass is 244 g/mol. The molecule has 0 aliphatic heterocycles.